The molecule has 3 aromatic rings. The van der Waals surface area contributed by atoms with E-state index in [1.807, 2.05) is 12.1 Å². The van der Waals surface area contributed by atoms with Gasteiger partial charge in [-0.3, -0.25) is 4.90 Å². The Morgan fingerprint density at radius 3 is 1.68 bits per heavy atom. The number of nitrogen functional groups attached to an aromatic ring is 2. The Kier molecular flexibility index (Phi) is 7.71. The fraction of sp³-hybridized carbons (Fsp3) is 0.538. The first kappa shape index (κ1) is 22.0. The first-order valence-corrected chi connectivity index (χ1v) is 12.1. The first-order valence-electron chi connectivity index (χ1n) is 12.1. The van der Waals surface area contributed by atoms with Crippen LogP contribution < -0.4 is 11.5 Å². The van der Waals surface area contributed by atoms with E-state index in [-0.39, 0.29) is 0 Å². The number of aromatic nitrogens is 1. The molecule has 1 aromatic heterocycles. The van der Waals surface area contributed by atoms with Gasteiger partial charge < -0.3 is 20.8 Å². The van der Waals surface area contributed by atoms with E-state index in [2.05, 4.69) is 33.7 Å². The quantitative estimate of drug-likeness (QED) is 0.320. The van der Waals surface area contributed by atoms with E-state index in [9.17, 15) is 0 Å². The van der Waals surface area contributed by atoms with Crippen LogP contribution in [0.4, 0.5) is 11.4 Å². The van der Waals surface area contributed by atoms with Gasteiger partial charge in [-0.05, 0) is 43.7 Å². The van der Waals surface area contributed by atoms with Gasteiger partial charge >= 0.3 is 0 Å². The molecule has 2 heterocycles. The third-order valence-corrected chi connectivity index (χ3v) is 6.63. The van der Waals surface area contributed by atoms with Crippen molar-refractivity contribution in [2.24, 2.45) is 0 Å². The second-order valence-corrected chi connectivity index (χ2v) is 8.99. The molecule has 168 valence electrons. The fourth-order valence-corrected chi connectivity index (χ4v) is 4.86. The molecule has 0 unspecified atom stereocenters. The largest absolute Gasteiger partial charge is 0.399 e. The molecule has 0 spiro atoms. The number of aryl methyl sites for hydroxylation is 1. The van der Waals surface area contributed by atoms with Gasteiger partial charge in [0, 0.05) is 41.8 Å². The summed E-state index contributed by atoms with van der Waals surface area (Å²) in [7, 11) is 0. The molecular formula is C26H38N4O. The maximum Gasteiger partial charge on any atom is 0.0594 e. The highest BCUT2D eigenvalue weighted by molar-refractivity contribution is 6.09. The van der Waals surface area contributed by atoms with Crippen LogP contribution in [-0.4, -0.2) is 42.3 Å². The highest BCUT2D eigenvalue weighted by atomic mass is 16.5. The van der Waals surface area contributed by atoms with Gasteiger partial charge in [0.05, 0.1) is 24.2 Å². The second kappa shape index (κ2) is 10.9. The molecule has 0 saturated carbocycles. The molecular weight excluding hydrogens is 384 g/mol. The molecule has 0 amide bonds. The number of morpholine rings is 1. The molecule has 4 rings (SSSR count). The Labute approximate surface area is 186 Å². The SMILES string of the molecule is Nc1ccc2c3ccc(N)cc3n(CCCCCCCCCCN3CCOCC3)c2c1. The number of nitrogens with two attached hydrogens (primary N) is 2. The summed E-state index contributed by atoms with van der Waals surface area (Å²) < 4.78 is 7.82. The van der Waals surface area contributed by atoms with Crippen LogP contribution in [0, 0.1) is 0 Å². The highest BCUT2D eigenvalue weighted by Gasteiger charge is 2.11. The topological polar surface area (TPSA) is 69.4 Å². The average molecular weight is 423 g/mol. The van der Waals surface area contributed by atoms with Crippen LogP contribution in [0.1, 0.15) is 51.4 Å². The molecule has 2 aromatic carbocycles. The zero-order valence-corrected chi connectivity index (χ0v) is 18.8. The van der Waals surface area contributed by atoms with Gasteiger partial charge in [-0.1, -0.05) is 50.7 Å². The summed E-state index contributed by atoms with van der Waals surface area (Å²) in [6.45, 7) is 6.32. The van der Waals surface area contributed by atoms with E-state index in [1.54, 1.807) is 0 Å². The van der Waals surface area contributed by atoms with Crippen LogP contribution in [0.5, 0.6) is 0 Å². The second-order valence-electron chi connectivity index (χ2n) is 8.99. The van der Waals surface area contributed by atoms with Gasteiger partial charge in [0.15, 0.2) is 0 Å². The third-order valence-electron chi connectivity index (χ3n) is 6.63. The van der Waals surface area contributed by atoms with Crippen molar-refractivity contribution in [1.82, 2.24) is 9.47 Å². The van der Waals surface area contributed by atoms with E-state index in [0.29, 0.717) is 0 Å². The van der Waals surface area contributed by atoms with Crippen LogP contribution in [0.15, 0.2) is 36.4 Å². The lowest BCUT2D eigenvalue weighted by molar-refractivity contribution is 0.0371. The van der Waals surface area contributed by atoms with Crippen molar-refractivity contribution < 1.29 is 4.74 Å². The molecule has 31 heavy (non-hydrogen) atoms. The van der Waals surface area contributed by atoms with Gasteiger partial charge in [0.25, 0.3) is 0 Å². The number of benzene rings is 2. The summed E-state index contributed by atoms with van der Waals surface area (Å²) in [5.41, 5.74) is 16.3. The Balaban J connectivity index is 1.18. The van der Waals surface area contributed by atoms with Gasteiger partial charge in [0.1, 0.15) is 0 Å². The Bertz CT molecular complexity index is 915. The molecule has 1 fully saturated rings. The smallest absolute Gasteiger partial charge is 0.0594 e. The summed E-state index contributed by atoms with van der Waals surface area (Å²) in [5.74, 6) is 0. The number of nitrogens with zero attached hydrogens (tertiary/aromatic N) is 2. The standard InChI is InChI=1S/C26H38N4O/c27-21-9-11-23-24-12-10-22(28)20-26(24)30(25(23)19-21)14-8-6-4-2-1-3-5-7-13-29-15-17-31-18-16-29/h9-12,19-20H,1-8,13-18,27-28H2. The van der Waals surface area contributed by atoms with Crippen molar-refractivity contribution in [3.05, 3.63) is 36.4 Å². The summed E-state index contributed by atoms with van der Waals surface area (Å²) in [4.78, 5) is 2.54. The molecule has 1 aliphatic heterocycles. The number of anilines is 2. The highest BCUT2D eigenvalue weighted by Crippen LogP contribution is 2.32. The van der Waals surface area contributed by atoms with Crippen LogP contribution in [0.3, 0.4) is 0 Å². The van der Waals surface area contributed by atoms with E-state index in [1.165, 1.54) is 79.7 Å². The predicted octanol–water partition coefficient (Wildman–Crippen LogP) is 5.41. The molecule has 1 aliphatic rings. The number of hydrogen-bond donors (Lipinski definition) is 2. The van der Waals surface area contributed by atoms with E-state index < -0.39 is 0 Å². The molecule has 4 N–H and O–H groups in total. The van der Waals surface area contributed by atoms with Gasteiger partial charge in [-0.25, -0.2) is 0 Å². The van der Waals surface area contributed by atoms with Crippen LogP contribution in [-0.2, 0) is 11.3 Å². The minimum Gasteiger partial charge on any atom is -0.399 e. The lowest BCUT2D eigenvalue weighted by Gasteiger charge is -2.26. The molecule has 1 saturated heterocycles. The van der Waals surface area contributed by atoms with Crippen molar-refractivity contribution in [1.29, 1.82) is 0 Å². The zero-order valence-electron chi connectivity index (χ0n) is 18.8. The van der Waals surface area contributed by atoms with Gasteiger partial charge in [-0.15, -0.1) is 0 Å². The molecule has 5 heteroatoms. The summed E-state index contributed by atoms with van der Waals surface area (Å²) >= 11 is 0. The van der Waals surface area contributed by atoms with E-state index in [0.717, 1.165) is 44.2 Å². The predicted molar refractivity (Wildman–Crippen MR) is 132 cm³/mol. The summed E-state index contributed by atoms with van der Waals surface area (Å²) in [6.07, 6.45) is 10.6. The number of unbranched alkanes of at least 4 members (excludes halogenated alkanes) is 7. The fourth-order valence-electron chi connectivity index (χ4n) is 4.86. The molecule has 0 radical (unpaired) electrons. The van der Waals surface area contributed by atoms with Crippen LogP contribution >= 0.6 is 0 Å². The molecule has 0 atom stereocenters. The number of ether oxygens (including phenoxy) is 1. The van der Waals surface area contributed by atoms with Gasteiger partial charge in [0.2, 0.25) is 0 Å². The van der Waals surface area contributed by atoms with Crippen molar-refractivity contribution in [3.8, 4) is 0 Å². The zero-order chi connectivity index (χ0) is 21.5. The van der Waals surface area contributed by atoms with Crippen LogP contribution in [0.2, 0.25) is 0 Å². The molecule has 0 aliphatic carbocycles. The van der Waals surface area contributed by atoms with E-state index in [4.69, 9.17) is 16.2 Å². The minimum absolute atomic E-state index is 0.818. The summed E-state index contributed by atoms with van der Waals surface area (Å²) in [6, 6.07) is 12.5. The number of hydrogen-bond acceptors (Lipinski definition) is 4. The Morgan fingerprint density at radius 1 is 0.645 bits per heavy atom. The summed E-state index contributed by atoms with van der Waals surface area (Å²) in [5, 5.41) is 2.53. The van der Waals surface area contributed by atoms with Crippen molar-refractivity contribution in [3.63, 3.8) is 0 Å². The minimum atomic E-state index is 0.818. The number of fused-ring (bicyclic) bond motifs is 3. The van der Waals surface area contributed by atoms with E-state index >= 15 is 0 Å². The molecule has 5 nitrogen and oxygen atoms in total. The van der Waals surface area contributed by atoms with Crippen LogP contribution in [0.25, 0.3) is 21.8 Å². The first-order chi connectivity index (χ1) is 15.2. The molecule has 0 bridgehead atoms. The lowest BCUT2D eigenvalue weighted by Crippen LogP contribution is -2.36. The lowest BCUT2D eigenvalue weighted by atomic mass is 10.1. The maximum absolute atomic E-state index is 6.08. The Morgan fingerprint density at radius 2 is 1.13 bits per heavy atom. The van der Waals surface area contributed by atoms with Crippen molar-refractivity contribution >= 4 is 33.2 Å². The Hall–Kier alpha value is -2.24. The monoisotopic (exact) mass is 422 g/mol. The number of rotatable bonds is 11. The van der Waals surface area contributed by atoms with Gasteiger partial charge in [-0.2, -0.15) is 0 Å². The maximum atomic E-state index is 6.08. The van der Waals surface area contributed by atoms with Crippen molar-refractivity contribution in [2.45, 2.75) is 57.9 Å². The third kappa shape index (κ3) is 5.72. The van der Waals surface area contributed by atoms with Crippen molar-refractivity contribution in [2.75, 3.05) is 44.3 Å². The normalized spacial score (nSPS) is 15.2. The average Bonchev–Trinajstić information content (AvgIpc) is 3.07.